The van der Waals surface area contributed by atoms with E-state index in [2.05, 4.69) is 15.9 Å². The standard InChI is InChI=1S/C12H7BrCl2/c13-9-3-1-2-8(6-9)11-7-10(14)4-5-12(11)15/h1-7H. The van der Waals surface area contributed by atoms with Gasteiger partial charge in [-0.2, -0.15) is 0 Å². The van der Waals surface area contributed by atoms with E-state index in [1.165, 1.54) is 0 Å². The molecule has 0 N–H and O–H groups in total. The molecule has 15 heavy (non-hydrogen) atoms. The summed E-state index contributed by atoms with van der Waals surface area (Å²) in [4.78, 5) is 0. The molecule has 0 saturated carbocycles. The predicted octanol–water partition coefficient (Wildman–Crippen LogP) is 5.42. The Morgan fingerprint density at radius 2 is 1.73 bits per heavy atom. The van der Waals surface area contributed by atoms with Gasteiger partial charge in [0.1, 0.15) is 0 Å². The van der Waals surface area contributed by atoms with Crippen molar-refractivity contribution in [3.63, 3.8) is 0 Å². The van der Waals surface area contributed by atoms with E-state index in [9.17, 15) is 0 Å². The van der Waals surface area contributed by atoms with Crippen LogP contribution >= 0.6 is 39.1 Å². The largest absolute Gasteiger partial charge is 0.0843 e. The van der Waals surface area contributed by atoms with Crippen LogP contribution in [0.15, 0.2) is 46.9 Å². The molecule has 3 heteroatoms. The third-order valence-electron chi connectivity index (χ3n) is 2.06. The first kappa shape index (κ1) is 11.0. The van der Waals surface area contributed by atoms with Gasteiger partial charge in [0, 0.05) is 20.1 Å². The monoisotopic (exact) mass is 300 g/mol. The third kappa shape index (κ3) is 2.54. The van der Waals surface area contributed by atoms with Crippen molar-refractivity contribution in [1.82, 2.24) is 0 Å². The Balaban J connectivity index is 2.58. The summed E-state index contributed by atoms with van der Waals surface area (Å²) in [6.45, 7) is 0. The van der Waals surface area contributed by atoms with Gasteiger partial charge in [0.15, 0.2) is 0 Å². The first-order valence-corrected chi connectivity index (χ1v) is 5.93. The highest BCUT2D eigenvalue weighted by molar-refractivity contribution is 9.10. The molecule has 0 aliphatic rings. The molecule has 0 spiro atoms. The van der Waals surface area contributed by atoms with E-state index in [1.54, 1.807) is 12.1 Å². The van der Waals surface area contributed by atoms with Crippen LogP contribution in [0.3, 0.4) is 0 Å². The average molecular weight is 302 g/mol. The van der Waals surface area contributed by atoms with Crippen LogP contribution in [-0.2, 0) is 0 Å². The highest BCUT2D eigenvalue weighted by atomic mass is 79.9. The van der Waals surface area contributed by atoms with E-state index in [1.807, 2.05) is 30.3 Å². The molecule has 0 saturated heterocycles. The van der Waals surface area contributed by atoms with Gasteiger partial charge in [0.2, 0.25) is 0 Å². The molecule has 0 nitrogen and oxygen atoms in total. The summed E-state index contributed by atoms with van der Waals surface area (Å²) in [6, 6.07) is 13.4. The summed E-state index contributed by atoms with van der Waals surface area (Å²) in [5.41, 5.74) is 2.00. The van der Waals surface area contributed by atoms with Gasteiger partial charge in [0.25, 0.3) is 0 Å². The maximum absolute atomic E-state index is 6.11. The van der Waals surface area contributed by atoms with Crippen molar-refractivity contribution >= 4 is 39.1 Å². The molecule has 0 fully saturated rings. The van der Waals surface area contributed by atoms with Gasteiger partial charge in [-0.1, -0.05) is 51.3 Å². The Bertz CT molecular complexity index is 495. The molecule has 0 aliphatic heterocycles. The van der Waals surface area contributed by atoms with Crippen LogP contribution in [-0.4, -0.2) is 0 Å². The Hall–Kier alpha value is -0.500. The normalized spacial score (nSPS) is 10.3. The van der Waals surface area contributed by atoms with E-state index in [0.29, 0.717) is 10.0 Å². The third-order valence-corrected chi connectivity index (χ3v) is 3.12. The molecule has 0 bridgehead atoms. The molecule has 0 aliphatic carbocycles. The summed E-state index contributed by atoms with van der Waals surface area (Å²) in [5, 5.41) is 1.40. The van der Waals surface area contributed by atoms with E-state index in [4.69, 9.17) is 23.2 Å². The molecular weight excluding hydrogens is 295 g/mol. The highest BCUT2D eigenvalue weighted by Crippen LogP contribution is 2.31. The number of halogens is 3. The molecule has 0 amide bonds. The Labute approximate surface area is 107 Å². The summed E-state index contributed by atoms with van der Waals surface area (Å²) < 4.78 is 1.02. The number of hydrogen-bond acceptors (Lipinski definition) is 0. The zero-order chi connectivity index (χ0) is 10.8. The number of benzene rings is 2. The van der Waals surface area contributed by atoms with E-state index in [-0.39, 0.29) is 0 Å². The topological polar surface area (TPSA) is 0 Å². The van der Waals surface area contributed by atoms with Crippen molar-refractivity contribution in [2.24, 2.45) is 0 Å². The second-order valence-corrected chi connectivity index (χ2v) is 4.89. The van der Waals surface area contributed by atoms with E-state index in [0.717, 1.165) is 15.6 Å². The van der Waals surface area contributed by atoms with E-state index >= 15 is 0 Å². The minimum atomic E-state index is 0.689. The fraction of sp³-hybridized carbons (Fsp3) is 0. The molecule has 2 aromatic carbocycles. The van der Waals surface area contributed by atoms with Crippen molar-refractivity contribution < 1.29 is 0 Å². The second kappa shape index (κ2) is 4.56. The molecule has 0 radical (unpaired) electrons. The summed E-state index contributed by atoms with van der Waals surface area (Å²) in [7, 11) is 0. The Morgan fingerprint density at radius 3 is 2.47 bits per heavy atom. The lowest BCUT2D eigenvalue weighted by atomic mass is 10.1. The van der Waals surface area contributed by atoms with Crippen molar-refractivity contribution in [2.75, 3.05) is 0 Å². The van der Waals surface area contributed by atoms with Gasteiger partial charge in [-0.15, -0.1) is 0 Å². The van der Waals surface area contributed by atoms with Crippen LogP contribution in [0.5, 0.6) is 0 Å². The first-order valence-electron chi connectivity index (χ1n) is 4.38. The predicted molar refractivity (Wildman–Crippen MR) is 69.6 cm³/mol. The molecular formula is C12H7BrCl2. The van der Waals surface area contributed by atoms with Gasteiger partial charge < -0.3 is 0 Å². The second-order valence-electron chi connectivity index (χ2n) is 3.13. The smallest absolute Gasteiger partial charge is 0.0485 e. The molecule has 2 aromatic rings. The molecule has 0 heterocycles. The van der Waals surface area contributed by atoms with Gasteiger partial charge in [-0.25, -0.2) is 0 Å². The van der Waals surface area contributed by atoms with Gasteiger partial charge in [-0.3, -0.25) is 0 Å². The molecule has 76 valence electrons. The van der Waals surface area contributed by atoms with Gasteiger partial charge >= 0.3 is 0 Å². The lowest BCUT2D eigenvalue weighted by molar-refractivity contribution is 1.59. The maximum atomic E-state index is 6.11. The summed E-state index contributed by atoms with van der Waals surface area (Å²) in [6.07, 6.45) is 0. The van der Waals surface area contributed by atoms with Gasteiger partial charge in [-0.05, 0) is 35.9 Å². The average Bonchev–Trinajstić information content (AvgIpc) is 2.22. The Morgan fingerprint density at radius 1 is 0.933 bits per heavy atom. The van der Waals surface area contributed by atoms with Crippen LogP contribution in [0.4, 0.5) is 0 Å². The zero-order valence-corrected chi connectivity index (χ0v) is 10.8. The molecule has 0 unspecified atom stereocenters. The van der Waals surface area contributed by atoms with E-state index < -0.39 is 0 Å². The maximum Gasteiger partial charge on any atom is 0.0485 e. The first-order chi connectivity index (χ1) is 7.16. The van der Waals surface area contributed by atoms with Crippen LogP contribution in [0, 0.1) is 0 Å². The highest BCUT2D eigenvalue weighted by Gasteiger charge is 2.04. The van der Waals surface area contributed by atoms with Crippen LogP contribution in [0.1, 0.15) is 0 Å². The Kier molecular flexibility index (Phi) is 3.35. The summed E-state index contributed by atoms with van der Waals surface area (Å²) >= 11 is 15.5. The quantitative estimate of drug-likeness (QED) is 0.659. The van der Waals surface area contributed by atoms with Crippen LogP contribution in [0.2, 0.25) is 10.0 Å². The van der Waals surface area contributed by atoms with Crippen molar-refractivity contribution in [3.8, 4) is 11.1 Å². The summed E-state index contributed by atoms with van der Waals surface area (Å²) in [5.74, 6) is 0. The minimum absolute atomic E-state index is 0.689. The van der Waals surface area contributed by atoms with Crippen molar-refractivity contribution in [2.45, 2.75) is 0 Å². The number of rotatable bonds is 1. The minimum Gasteiger partial charge on any atom is -0.0843 e. The molecule has 0 aromatic heterocycles. The molecule has 0 atom stereocenters. The SMILES string of the molecule is Clc1ccc(Cl)c(-c2cccc(Br)c2)c1. The van der Waals surface area contributed by atoms with Crippen LogP contribution < -0.4 is 0 Å². The fourth-order valence-corrected chi connectivity index (χ4v) is 2.17. The lowest BCUT2D eigenvalue weighted by Gasteiger charge is -2.05. The fourth-order valence-electron chi connectivity index (χ4n) is 1.37. The number of hydrogen-bond donors (Lipinski definition) is 0. The molecule has 2 rings (SSSR count). The lowest BCUT2D eigenvalue weighted by Crippen LogP contribution is -1.79. The van der Waals surface area contributed by atoms with Crippen LogP contribution in [0.25, 0.3) is 11.1 Å². The van der Waals surface area contributed by atoms with Gasteiger partial charge in [0.05, 0.1) is 0 Å². The van der Waals surface area contributed by atoms with Crippen molar-refractivity contribution in [3.05, 3.63) is 57.0 Å². The zero-order valence-electron chi connectivity index (χ0n) is 7.68. The van der Waals surface area contributed by atoms with Crippen molar-refractivity contribution in [1.29, 1.82) is 0 Å².